The van der Waals surface area contributed by atoms with Crippen molar-refractivity contribution in [1.29, 1.82) is 0 Å². The van der Waals surface area contributed by atoms with Crippen LogP contribution in [-0.4, -0.2) is 32.1 Å². The molecular formula is C24H26N6O2. The zero-order chi connectivity index (χ0) is 21.8. The second kappa shape index (κ2) is 9.21. The van der Waals surface area contributed by atoms with Gasteiger partial charge in [0.15, 0.2) is 12.1 Å². The van der Waals surface area contributed by atoms with Crippen molar-refractivity contribution >= 4 is 28.3 Å². The highest BCUT2D eigenvalue weighted by Crippen LogP contribution is 2.28. The number of nitrogens with zero attached hydrogens (tertiary/aromatic N) is 3. The Morgan fingerprint density at radius 1 is 1.12 bits per heavy atom. The molecule has 1 aliphatic carbocycles. The SMILES string of the molecule is O=C(Nc1cccc(CCc2n[nH]c3ccnc(NC4CCCCC4)c23)c1)c1cocn1. The molecule has 3 heterocycles. The molecule has 4 aromatic rings. The number of aryl methyl sites for hydroxylation is 2. The predicted octanol–water partition coefficient (Wildman–Crippen LogP) is 4.73. The predicted molar refractivity (Wildman–Crippen MR) is 123 cm³/mol. The molecule has 0 aliphatic heterocycles. The molecule has 8 heteroatoms. The normalized spacial score (nSPS) is 14.5. The van der Waals surface area contributed by atoms with Crippen LogP contribution in [0.4, 0.5) is 11.5 Å². The molecule has 3 aromatic heterocycles. The van der Waals surface area contributed by atoms with Gasteiger partial charge in [0, 0.05) is 17.9 Å². The topological polar surface area (TPSA) is 109 Å². The van der Waals surface area contributed by atoms with Crippen molar-refractivity contribution in [2.24, 2.45) is 0 Å². The Bertz CT molecular complexity index is 1190. The highest BCUT2D eigenvalue weighted by Gasteiger charge is 2.17. The Kier molecular flexibility index (Phi) is 5.83. The number of fused-ring (bicyclic) bond motifs is 1. The third-order valence-electron chi connectivity index (χ3n) is 6.00. The summed E-state index contributed by atoms with van der Waals surface area (Å²) >= 11 is 0. The van der Waals surface area contributed by atoms with Gasteiger partial charge in [0.2, 0.25) is 0 Å². The minimum Gasteiger partial charge on any atom is -0.451 e. The van der Waals surface area contributed by atoms with Crippen molar-refractivity contribution in [3.63, 3.8) is 0 Å². The number of oxazole rings is 1. The van der Waals surface area contributed by atoms with Gasteiger partial charge >= 0.3 is 0 Å². The first-order chi connectivity index (χ1) is 15.8. The summed E-state index contributed by atoms with van der Waals surface area (Å²) in [7, 11) is 0. The number of amides is 1. The van der Waals surface area contributed by atoms with Crippen LogP contribution in [0.2, 0.25) is 0 Å². The molecule has 1 aliphatic rings. The van der Waals surface area contributed by atoms with Gasteiger partial charge in [-0.25, -0.2) is 9.97 Å². The van der Waals surface area contributed by atoms with E-state index in [2.05, 4.69) is 36.9 Å². The number of carbonyl (C=O) groups excluding carboxylic acids is 1. The van der Waals surface area contributed by atoms with Gasteiger partial charge in [-0.05, 0) is 49.4 Å². The molecule has 32 heavy (non-hydrogen) atoms. The van der Waals surface area contributed by atoms with Crippen LogP contribution in [0.1, 0.15) is 53.8 Å². The van der Waals surface area contributed by atoms with Crippen molar-refractivity contribution in [2.45, 2.75) is 51.0 Å². The lowest BCUT2D eigenvalue weighted by molar-refractivity contribution is 0.102. The van der Waals surface area contributed by atoms with Crippen molar-refractivity contribution in [3.8, 4) is 0 Å². The van der Waals surface area contributed by atoms with Crippen molar-refractivity contribution in [3.05, 3.63) is 66.1 Å². The molecule has 1 fully saturated rings. The lowest BCUT2D eigenvalue weighted by Crippen LogP contribution is -2.23. The molecule has 0 spiro atoms. The van der Waals surface area contributed by atoms with Crippen LogP contribution >= 0.6 is 0 Å². The van der Waals surface area contributed by atoms with Gasteiger partial charge in [-0.3, -0.25) is 9.89 Å². The molecule has 5 rings (SSSR count). The number of pyridine rings is 1. The number of rotatable bonds is 7. The van der Waals surface area contributed by atoms with E-state index in [0.29, 0.717) is 6.04 Å². The van der Waals surface area contributed by atoms with Gasteiger partial charge in [0.05, 0.1) is 16.6 Å². The van der Waals surface area contributed by atoms with E-state index >= 15 is 0 Å². The van der Waals surface area contributed by atoms with E-state index in [4.69, 9.17) is 4.42 Å². The highest BCUT2D eigenvalue weighted by atomic mass is 16.3. The molecule has 1 aromatic carbocycles. The van der Waals surface area contributed by atoms with Gasteiger partial charge in [0.1, 0.15) is 12.1 Å². The third kappa shape index (κ3) is 4.49. The zero-order valence-corrected chi connectivity index (χ0v) is 17.8. The quantitative estimate of drug-likeness (QED) is 0.391. The molecule has 8 nitrogen and oxygen atoms in total. The average Bonchev–Trinajstić information content (AvgIpc) is 3.50. The number of aromatic amines is 1. The summed E-state index contributed by atoms with van der Waals surface area (Å²) in [6, 6.07) is 10.3. The van der Waals surface area contributed by atoms with Gasteiger partial charge < -0.3 is 15.1 Å². The third-order valence-corrected chi connectivity index (χ3v) is 6.00. The molecule has 0 atom stereocenters. The molecule has 0 radical (unpaired) electrons. The number of H-pyrrole nitrogens is 1. The molecule has 3 N–H and O–H groups in total. The monoisotopic (exact) mass is 430 g/mol. The summed E-state index contributed by atoms with van der Waals surface area (Å²) in [5.41, 5.74) is 4.10. The Hall–Kier alpha value is -3.68. The first kappa shape index (κ1) is 20.2. The second-order valence-electron chi connectivity index (χ2n) is 8.26. The van der Waals surface area contributed by atoms with E-state index < -0.39 is 0 Å². The number of aromatic nitrogens is 4. The first-order valence-electron chi connectivity index (χ1n) is 11.1. The van der Waals surface area contributed by atoms with Crippen LogP contribution in [0.3, 0.4) is 0 Å². The lowest BCUT2D eigenvalue weighted by atomic mass is 9.95. The summed E-state index contributed by atoms with van der Waals surface area (Å²) < 4.78 is 4.88. The molecular weight excluding hydrogens is 404 g/mol. The fourth-order valence-electron chi connectivity index (χ4n) is 4.35. The van der Waals surface area contributed by atoms with Gasteiger partial charge in [0.25, 0.3) is 5.91 Å². The number of benzene rings is 1. The van der Waals surface area contributed by atoms with Crippen LogP contribution in [0.15, 0.2) is 53.6 Å². The van der Waals surface area contributed by atoms with Crippen LogP contribution in [0.25, 0.3) is 10.9 Å². The maximum absolute atomic E-state index is 12.2. The maximum atomic E-state index is 12.2. The fourth-order valence-corrected chi connectivity index (χ4v) is 4.35. The van der Waals surface area contributed by atoms with Crippen LogP contribution in [0.5, 0.6) is 0 Å². The highest BCUT2D eigenvalue weighted by molar-refractivity contribution is 6.02. The summed E-state index contributed by atoms with van der Waals surface area (Å²) in [6.45, 7) is 0. The zero-order valence-electron chi connectivity index (χ0n) is 17.8. The molecule has 0 bridgehead atoms. The van der Waals surface area contributed by atoms with Crippen LogP contribution < -0.4 is 10.6 Å². The van der Waals surface area contributed by atoms with Gasteiger partial charge in [-0.2, -0.15) is 5.10 Å². The average molecular weight is 431 g/mol. The smallest absolute Gasteiger partial charge is 0.277 e. The lowest BCUT2D eigenvalue weighted by Gasteiger charge is -2.23. The number of carbonyl (C=O) groups is 1. The van der Waals surface area contributed by atoms with E-state index in [1.165, 1.54) is 44.8 Å². The van der Waals surface area contributed by atoms with Gasteiger partial charge in [-0.1, -0.05) is 31.4 Å². The first-order valence-corrected chi connectivity index (χ1v) is 11.1. The summed E-state index contributed by atoms with van der Waals surface area (Å²) in [4.78, 5) is 20.7. The summed E-state index contributed by atoms with van der Waals surface area (Å²) in [6.07, 6.45) is 12.2. The molecule has 0 saturated heterocycles. The van der Waals surface area contributed by atoms with Crippen molar-refractivity contribution in [1.82, 2.24) is 20.2 Å². The molecule has 0 unspecified atom stereocenters. The molecule has 1 amide bonds. The molecule has 1 saturated carbocycles. The number of hydrogen-bond acceptors (Lipinski definition) is 6. The van der Waals surface area contributed by atoms with E-state index in [-0.39, 0.29) is 11.6 Å². The Labute approximate surface area is 185 Å². The Morgan fingerprint density at radius 2 is 2.03 bits per heavy atom. The minimum atomic E-state index is -0.293. The largest absolute Gasteiger partial charge is 0.451 e. The van der Waals surface area contributed by atoms with Crippen LogP contribution in [-0.2, 0) is 12.8 Å². The maximum Gasteiger partial charge on any atom is 0.277 e. The van der Waals surface area contributed by atoms with E-state index in [9.17, 15) is 4.79 Å². The molecule has 164 valence electrons. The standard InChI is InChI=1S/C24H26N6O2/c31-24(21-14-32-15-26-21)28-18-8-4-5-16(13-18)9-10-19-22-20(30-29-19)11-12-25-23(22)27-17-6-2-1-3-7-17/h4-5,8,11-15,17H,1-3,6-7,9-10H2,(H,25,27)(H,28,31)(H,29,30). The Balaban J connectivity index is 1.29. The van der Waals surface area contributed by atoms with Crippen LogP contribution in [0, 0.1) is 0 Å². The van der Waals surface area contributed by atoms with Crippen molar-refractivity contribution < 1.29 is 9.21 Å². The fraction of sp³-hybridized carbons (Fsp3) is 0.333. The van der Waals surface area contributed by atoms with Crippen molar-refractivity contribution in [2.75, 3.05) is 10.6 Å². The number of anilines is 2. The second-order valence-corrected chi connectivity index (χ2v) is 8.26. The van der Waals surface area contributed by atoms with E-state index in [0.717, 1.165) is 46.5 Å². The Morgan fingerprint density at radius 3 is 2.88 bits per heavy atom. The van der Waals surface area contributed by atoms with Gasteiger partial charge in [-0.15, -0.1) is 0 Å². The van der Waals surface area contributed by atoms with E-state index in [1.807, 2.05) is 30.5 Å². The van der Waals surface area contributed by atoms with E-state index in [1.54, 1.807) is 0 Å². The number of nitrogens with one attached hydrogen (secondary N) is 3. The summed E-state index contributed by atoms with van der Waals surface area (Å²) in [5, 5.41) is 15.3. The summed E-state index contributed by atoms with van der Waals surface area (Å²) in [5.74, 6) is 0.630. The minimum absolute atomic E-state index is 0.254. The number of hydrogen-bond donors (Lipinski definition) is 3.